The monoisotopic (exact) mass is 619 g/mol. The summed E-state index contributed by atoms with van der Waals surface area (Å²) >= 11 is 0. The molecule has 10 heteroatoms. The molecule has 0 radical (unpaired) electrons. The van der Waals surface area contributed by atoms with Gasteiger partial charge >= 0.3 is 0 Å². The molecule has 4 rings (SSSR count). The van der Waals surface area contributed by atoms with Gasteiger partial charge in [0.1, 0.15) is 11.6 Å². The van der Waals surface area contributed by atoms with Gasteiger partial charge in [0.15, 0.2) is 0 Å². The van der Waals surface area contributed by atoms with Gasteiger partial charge in [-0.15, -0.1) is 12.4 Å². The number of nitrogens with one attached hydrogen (secondary N) is 1. The molecule has 0 saturated carbocycles. The van der Waals surface area contributed by atoms with Crippen molar-refractivity contribution in [3.63, 3.8) is 0 Å². The second kappa shape index (κ2) is 16.9. The number of ether oxygens (including phenoxy) is 3. The number of piperidine rings is 2. The Morgan fingerprint density at radius 2 is 1.81 bits per heavy atom. The highest BCUT2D eigenvalue weighted by Gasteiger charge is 2.28. The van der Waals surface area contributed by atoms with Gasteiger partial charge < -0.3 is 29.3 Å². The van der Waals surface area contributed by atoms with Crippen LogP contribution in [-0.2, 0) is 20.7 Å². The molecule has 2 aliphatic rings. The predicted octanol–water partition coefficient (Wildman–Crippen LogP) is 5.11. The van der Waals surface area contributed by atoms with E-state index in [4.69, 9.17) is 14.2 Å². The molecule has 0 unspecified atom stereocenters. The molecular formula is C33H47ClFN3O5. The first-order valence-corrected chi connectivity index (χ1v) is 15.2. The van der Waals surface area contributed by atoms with E-state index in [1.807, 2.05) is 17.0 Å². The summed E-state index contributed by atoms with van der Waals surface area (Å²) in [6.07, 6.45) is 4.64. The third-order valence-corrected chi connectivity index (χ3v) is 8.23. The number of rotatable bonds is 12. The molecule has 2 fully saturated rings. The Kier molecular flexibility index (Phi) is 13.7. The number of amides is 2. The number of hydrogen-bond acceptors (Lipinski definition) is 6. The molecule has 0 aliphatic carbocycles. The van der Waals surface area contributed by atoms with Gasteiger partial charge in [-0.3, -0.25) is 9.59 Å². The first-order chi connectivity index (χ1) is 20.3. The fourth-order valence-corrected chi connectivity index (χ4v) is 6.00. The van der Waals surface area contributed by atoms with Crippen molar-refractivity contribution in [2.75, 3.05) is 53.6 Å². The molecule has 238 valence electrons. The van der Waals surface area contributed by atoms with E-state index in [0.717, 1.165) is 44.3 Å². The summed E-state index contributed by atoms with van der Waals surface area (Å²) in [5, 5.41) is 3.41. The average molecular weight is 620 g/mol. The van der Waals surface area contributed by atoms with Crippen LogP contribution in [0.25, 0.3) is 11.1 Å². The van der Waals surface area contributed by atoms with Crippen LogP contribution in [0.5, 0.6) is 5.75 Å². The molecule has 2 aliphatic heterocycles. The van der Waals surface area contributed by atoms with E-state index >= 15 is 4.39 Å². The molecular weight excluding hydrogens is 573 g/mol. The van der Waals surface area contributed by atoms with Gasteiger partial charge in [0.25, 0.3) is 5.91 Å². The van der Waals surface area contributed by atoms with Crippen LogP contribution in [0, 0.1) is 5.82 Å². The highest BCUT2D eigenvalue weighted by Crippen LogP contribution is 2.34. The van der Waals surface area contributed by atoms with Gasteiger partial charge in [0.2, 0.25) is 5.91 Å². The van der Waals surface area contributed by atoms with Gasteiger partial charge in [0.05, 0.1) is 19.1 Å². The summed E-state index contributed by atoms with van der Waals surface area (Å²) in [4.78, 5) is 30.6. The first kappa shape index (κ1) is 34.8. The van der Waals surface area contributed by atoms with E-state index in [-0.39, 0.29) is 48.8 Å². The molecule has 0 bridgehead atoms. The minimum Gasteiger partial charge on any atom is -0.493 e. The van der Waals surface area contributed by atoms with Gasteiger partial charge in [-0.2, -0.15) is 0 Å². The number of methoxy groups -OCH3 is 2. The highest BCUT2D eigenvalue weighted by atomic mass is 35.5. The number of nitrogens with zero attached hydrogens (tertiary/aromatic N) is 2. The summed E-state index contributed by atoms with van der Waals surface area (Å²) in [5.41, 5.74) is 2.07. The van der Waals surface area contributed by atoms with E-state index < -0.39 is 5.82 Å². The molecule has 2 amide bonds. The zero-order chi connectivity index (χ0) is 30.1. The Morgan fingerprint density at radius 3 is 2.47 bits per heavy atom. The SMILES string of the molecule is COCCCOc1cc(CC(=O)N(C(C)C)[C@@H]2CCCNC2)ccc1-c1cc(C(=O)N2CCC(OC)CC2)ccc1F.Cl. The Labute approximate surface area is 261 Å². The van der Waals surface area contributed by atoms with Gasteiger partial charge in [-0.05, 0) is 75.9 Å². The van der Waals surface area contributed by atoms with Crippen molar-refractivity contribution in [1.29, 1.82) is 0 Å². The summed E-state index contributed by atoms with van der Waals surface area (Å²) in [7, 11) is 3.33. The zero-order valence-corrected chi connectivity index (χ0v) is 26.7. The summed E-state index contributed by atoms with van der Waals surface area (Å²) < 4.78 is 32.0. The Hall–Kier alpha value is -2.72. The third-order valence-electron chi connectivity index (χ3n) is 8.23. The lowest BCUT2D eigenvalue weighted by Gasteiger charge is -2.37. The maximum atomic E-state index is 15.3. The smallest absolute Gasteiger partial charge is 0.253 e. The minimum absolute atomic E-state index is 0. The number of hydrogen-bond donors (Lipinski definition) is 1. The summed E-state index contributed by atoms with van der Waals surface area (Å²) in [6.45, 7) is 8.00. The lowest BCUT2D eigenvalue weighted by Crippen LogP contribution is -2.52. The molecule has 2 aromatic rings. The Morgan fingerprint density at radius 1 is 1.05 bits per heavy atom. The van der Waals surface area contributed by atoms with Crippen LogP contribution >= 0.6 is 12.4 Å². The molecule has 2 aromatic carbocycles. The number of carbonyl (C=O) groups is 2. The molecule has 1 N–H and O–H groups in total. The quantitative estimate of drug-likeness (QED) is 0.333. The fraction of sp³-hybridized carbons (Fsp3) is 0.576. The van der Waals surface area contributed by atoms with Crippen molar-refractivity contribution in [2.45, 2.75) is 70.6 Å². The van der Waals surface area contributed by atoms with Crippen LogP contribution in [0.1, 0.15) is 61.9 Å². The molecule has 0 aromatic heterocycles. The van der Waals surface area contributed by atoms with Crippen molar-refractivity contribution < 1.29 is 28.2 Å². The summed E-state index contributed by atoms with van der Waals surface area (Å²) in [5.74, 6) is -0.0170. The molecule has 43 heavy (non-hydrogen) atoms. The van der Waals surface area contributed by atoms with Crippen LogP contribution in [0.15, 0.2) is 36.4 Å². The third kappa shape index (κ3) is 9.14. The van der Waals surface area contributed by atoms with Crippen LogP contribution in [0.2, 0.25) is 0 Å². The zero-order valence-electron chi connectivity index (χ0n) is 25.9. The standard InChI is InChI=1S/C33H46FN3O5.ClH/c1-23(2)37(26-7-5-14-35-22-26)32(38)20-24-8-10-28(31(19-24)42-18-6-17-40-3)29-21-25(9-11-30(29)34)33(39)36-15-12-27(41-4)13-16-36;/h8-11,19,21,23,26-27,35H,5-7,12-18,20,22H2,1-4H3;1H/t26-;/m1./s1. The van der Waals surface area contributed by atoms with Gasteiger partial charge in [-0.1, -0.05) is 12.1 Å². The topological polar surface area (TPSA) is 80.3 Å². The van der Waals surface area contributed by atoms with E-state index in [1.54, 1.807) is 31.3 Å². The second-order valence-electron chi connectivity index (χ2n) is 11.5. The molecule has 0 spiro atoms. The largest absolute Gasteiger partial charge is 0.493 e. The average Bonchev–Trinajstić information content (AvgIpc) is 3.00. The molecule has 8 nitrogen and oxygen atoms in total. The Bertz CT molecular complexity index is 1200. The van der Waals surface area contributed by atoms with E-state index in [9.17, 15) is 9.59 Å². The van der Waals surface area contributed by atoms with Crippen molar-refractivity contribution in [3.8, 4) is 16.9 Å². The number of carbonyl (C=O) groups excluding carboxylic acids is 2. The van der Waals surface area contributed by atoms with Crippen LogP contribution in [0.3, 0.4) is 0 Å². The second-order valence-corrected chi connectivity index (χ2v) is 11.5. The maximum absolute atomic E-state index is 15.3. The number of benzene rings is 2. The number of likely N-dealkylation sites (tertiary alicyclic amines) is 1. The number of halogens is 2. The van der Waals surface area contributed by atoms with E-state index in [0.29, 0.717) is 55.2 Å². The lowest BCUT2D eigenvalue weighted by molar-refractivity contribution is -0.135. The van der Waals surface area contributed by atoms with Crippen molar-refractivity contribution in [1.82, 2.24) is 15.1 Å². The van der Waals surface area contributed by atoms with Crippen LogP contribution in [0.4, 0.5) is 4.39 Å². The maximum Gasteiger partial charge on any atom is 0.253 e. The first-order valence-electron chi connectivity index (χ1n) is 15.2. The van der Waals surface area contributed by atoms with Gasteiger partial charge in [-0.25, -0.2) is 4.39 Å². The highest BCUT2D eigenvalue weighted by molar-refractivity contribution is 5.96. The lowest BCUT2D eigenvalue weighted by atomic mass is 9.97. The van der Waals surface area contributed by atoms with Crippen LogP contribution < -0.4 is 10.1 Å². The normalized spacial score (nSPS) is 17.4. The van der Waals surface area contributed by atoms with Crippen molar-refractivity contribution >= 4 is 24.2 Å². The van der Waals surface area contributed by atoms with E-state index in [1.165, 1.54) is 12.1 Å². The van der Waals surface area contributed by atoms with E-state index in [2.05, 4.69) is 19.2 Å². The molecule has 2 heterocycles. The summed E-state index contributed by atoms with van der Waals surface area (Å²) in [6, 6.07) is 10.2. The van der Waals surface area contributed by atoms with Crippen molar-refractivity contribution in [2.24, 2.45) is 0 Å². The predicted molar refractivity (Wildman–Crippen MR) is 169 cm³/mol. The fourth-order valence-electron chi connectivity index (χ4n) is 6.00. The van der Waals surface area contributed by atoms with Crippen LogP contribution in [-0.4, -0.2) is 93.4 Å². The Balaban J connectivity index is 0.00000506. The molecule has 1 atom stereocenters. The molecule has 2 saturated heterocycles. The minimum atomic E-state index is -0.439. The van der Waals surface area contributed by atoms with Crippen molar-refractivity contribution in [3.05, 3.63) is 53.3 Å². The van der Waals surface area contributed by atoms with Gasteiger partial charge in [0, 0.05) is 75.7 Å².